The van der Waals surface area contributed by atoms with Gasteiger partial charge in [0, 0.05) is 18.2 Å². The summed E-state index contributed by atoms with van der Waals surface area (Å²) in [6.45, 7) is 5.42. The van der Waals surface area contributed by atoms with Gasteiger partial charge in [0.05, 0.1) is 11.7 Å². The third-order valence-electron chi connectivity index (χ3n) is 4.58. The zero-order valence-electron chi connectivity index (χ0n) is 13.3. The van der Waals surface area contributed by atoms with E-state index in [4.69, 9.17) is 0 Å². The number of aromatic nitrogens is 4. The summed E-state index contributed by atoms with van der Waals surface area (Å²) in [5, 5.41) is 12.4. The number of para-hydroxylation sites is 2. The van der Waals surface area contributed by atoms with Crippen molar-refractivity contribution < 1.29 is 0 Å². The first-order valence-corrected chi connectivity index (χ1v) is 7.95. The van der Waals surface area contributed by atoms with Crippen LogP contribution in [0.2, 0.25) is 0 Å². The predicted octanol–water partition coefficient (Wildman–Crippen LogP) is 3.35. The van der Waals surface area contributed by atoms with Gasteiger partial charge in [-0.15, -0.1) is 5.10 Å². The molecule has 116 valence electrons. The molecule has 2 unspecified atom stereocenters. The maximum atomic E-state index is 4.30. The van der Waals surface area contributed by atoms with Gasteiger partial charge in [-0.3, -0.25) is 0 Å². The van der Waals surface area contributed by atoms with Crippen LogP contribution < -0.4 is 4.90 Å². The first-order chi connectivity index (χ1) is 11.3. The van der Waals surface area contributed by atoms with Crippen LogP contribution >= 0.6 is 0 Å². The van der Waals surface area contributed by atoms with Crippen molar-refractivity contribution >= 4 is 5.69 Å². The molecule has 0 saturated heterocycles. The lowest BCUT2D eigenvalue weighted by Crippen LogP contribution is -2.27. The van der Waals surface area contributed by atoms with Gasteiger partial charge in [0.2, 0.25) is 0 Å². The minimum absolute atomic E-state index is 0.108. The predicted molar refractivity (Wildman–Crippen MR) is 89.8 cm³/mol. The molecule has 0 spiro atoms. The molecule has 0 saturated carbocycles. The van der Waals surface area contributed by atoms with E-state index in [0.717, 1.165) is 18.1 Å². The highest BCUT2D eigenvalue weighted by molar-refractivity contribution is 5.61. The Bertz CT molecular complexity index is 811. The normalized spacial score (nSPS) is 18.0. The van der Waals surface area contributed by atoms with Crippen LogP contribution in [0.4, 0.5) is 5.69 Å². The molecule has 0 amide bonds. The second-order valence-corrected chi connectivity index (χ2v) is 6.07. The van der Waals surface area contributed by atoms with Crippen molar-refractivity contribution in [3.63, 3.8) is 0 Å². The molecular weight excluding hydrogens is 286 g/mol. The van der Waals surface area contributed by atoms with E-state index in [1.54, 1.807) is 0 Å². The Morgan fingerprint density at radius 3 is 2.61 bits per heavy atom. The van der Waals surface area contributed by atoms with Gasteiger partial charge in [-0.2, -0.15) is 4.68 Å². The van der Waals surface area contributed by atoms with Gasteiger partial charge in [0.15, 0.2) is 5.82 Å². The molecule has 0 aliphatic carbocycles. The highest BCUT2D eigenvalue weighted by atomic mass is 15.6. The van der Waals surface area contributed by atoms with Crippen molar-refractivity contribution in [1.82, 2.24) is 20.2 Å². The van der Waals surface area contributed by atoms with Crippen LogP contribution in [0.1, 0.15) is 37.2 Å². The van der Waals surface area contributed by atoms with Crippen LogP contribution in [0.25, 0.3) is 5.69 Å². The third-order valence-corrected chi connectivity index (χ3v) is 4.58. The molecule has 5 nitrogen and oxygen atoms in total. The second kappa shape index (κ2) is 5.50. The number of benzene rings is 2. The fraction of sp³-hybridized carbons (Fsp3) is 0.278. The molecule has 2 aromatic carbocycles. The number of rotatable bonds is 3. The van der Waals surface area contributed by atoms with Crippen molar-refractivity contribution in [2.45, 2.75) is 25.8 Å². The van der Waals surface area contributed by atoms with E-state index in [0.29, 0.717) is 5.92 Å². The summed E-state index contributed by atoms with van der Waals surface area (Å²) in [5.41, 5.74) is 3.67. The average Bonchev–Trinajstić information content (AvgIpc) is 3.21. The van der Waals surface area contributed by atoms with Crippen molar-refractivity contribution in [2.24, 2.45) is 0 Å². The van der Waals surface area contributed by atoms with Gasteiger partial charge >= 0.3 is 0 Å². The lowest BCUT2D eigenvalue weighted by atomic mass is 10.0. The summed E-state index contributed by atoms with van der Waals surface area (Å²) >= 11 is 0. The number of nitrogens with zero attached hydrogens (tertiary/aromatic N) is 5. The Kier molecular flexibility index (Phi) is 3.33. The molecule has 0 radical (unpaired) electrons. The van der Waals surface area contributed by atoms with E-state index in [2.05, 4.69) is 58.5 Å². The Hall–Kier alpha value is -2.69. The number of hydrogen-bond acceptors (Lipinski definition) is 4. The summed E-state index contributed by atoms with van der Waals surface area (Å²) in [5.74, 6) is 1.38. The Balaban J connectivity index is 1.72. The maximum Gasteiger partial charge on any atom is 0.178 e. The van der Waals surface area contributed by atoms with E-state index < -0.39 is 0 Å². The molecule has 1 aromatic heterocycles. The number of hydrogen-bond donors (Lipinski definition) is 0. The van der Waals surface area contributed by atoms with Crippen LogP contribution in [0.15, 0.2) is 54.6 Å². The highest BCUT2D eigenvalue weighted by Crippen LogP contribution is 2.40. The fourth-order valence-corrected chi connectivity index (χ4v) is 3.37. The zero-order valence-corrected chi connectivity index (χ0v) is 13.3. The number of fused-ring (bicyclic) bond motifs is 1. The maximum absolute atomic E-state index is 4.30. The largest absolute Gasteiger partial charge is 0.361 e. The number of tetrazole rings is 1. The summed E-state index contributed by atoms with van der Waals surface area (Å²) in [6, 6.07) is 18.7. The monoisotopic (exact) mass is 305 g/mol. The minimum Gasteiger partial charge on any atom is -0.361 e. The van der Waals surface area contributed by atoms with Gasteiger partial charge in [-0.05, 0) is 41.1 Å². The van der Waals surface area contributed by atoms with Gasteiger partial charge in [0.25, 0.3) is 0 Å². The molecule has 5 heteroatoms. The summed E-state index contributed by atoms with van der Waals surface area (Å²) in [7, 11) is 0. The van der Waals surface area contributed by atoms with E-state index in [1.165, 1.54) is 11.3 Å². The lowest BCUT2D eigenvalue weighted by molar-refractivity contribution is 0.608. The zero-order chi connectivity index (χ0) is 15.8. The van der Waals surface area contributed by atoms with Crippen LogP contribution in [0.5, 0.6) is 0 Å². The SMILES string of the molecule is CC1CN(C(C)c2nnnn2-c2ccccc2)c2ccccc21. The molecule has 2 atom stereocenters. The van der Waals surface area contributed by atoms with Crippen molar-refractivity contribution in [3.05, 3.63) is 66.0 Å². The molecular formula is C18H19N5. The Labute approximate surface area is 135 Å². The van der Waals surface area contributed by atoms with Crippen LogP contribution in [-0.4, -0.2) is 26.8 Å². The summed E-state index contributed by atoms with van der Waals surface area (Å²) in [6.07, 6.45) is 0. The van der Waals surface area contributed by atoms with E-state index in [1.807, 2.05) is 35.0 Å². The smallest absolute Gasteiger partial charge is 0.178 e. The standard InChI is InChI=1S/C18H19N5/c1-13-12-22(17-11-7-6-10-16(13)17)14(2)18-19-20-21-23(18)15-8-4-3-5-9-15/h3-11,13-14H,12H2,1-2H3. The van der Waals surface area contributed by atoms with Gasteiger partial charge in [0.1, 0.15) is 0 Å². The molecule has 0 fully saturated rings. The molecule has 4 rings (SSSR count). The summed E-state index contributed by atoms with van der Waals surface area (Å²) in [4.78, 5) is 2.39. The quantitative estimate of drug-likeness (QED) is 0.744. The van der Waals surface area contributed by atoms with Crippen molar-refractivity contribution in [2.75, 3.05) is 11.4 Å². The minimum atomic E-state index is 0.108. The molecule has 23 heavy (non-hydrogen) atoms. The van der Waals surface area contributed by atoms with E-state index in [9.17, 15) is 0 Å². The first-order valence-electron chi connectivity index (χ1n) is 7.95. The molecule has 2 heterocycles. The average molecular weight is 305 g/mol. The second-order valence-electron chi connectivity index (χ2n) is 6.07. The molecule has 0 bridgehead atoms. The van der Waals surface area contributed by atoms with Crippen LogP contribution in [0, 0.1) is 0 Å². The first kappa shape index (κ1) is 13.9. The number of anilines is 1. The molecule has 3 aromatic rings. The van der Waals surface area contributed by atoms with Gasteiger partial charge in [-0.25, -0.2) is 0 Å². The van der Waals surface area contributed by atoms with Gasteiger partial charge in [-0.1, -0.05) is 43.3 Å². The topological polar surface area (TPSA) is 46.8 Å². The van der Waals surface area contributed by atoms with E-state index >= 15 is 0 Å². The van der Waals surface area contributed by atoms with E-state index in [-0.39, 0.29) is 6.04 Å². The molecule has 0 N–H and O–H groups in total. The van der Waals surface area contributed by atoms with Crippen LogP contribution in [-0.2, 0) is 0 Å². The van der Waals surface area contributed by atoms with Crippen molar-refractivity contribution in [1.29, 1.82) is 0 Å². The Morgan fingerprint density at radius 1 is 1.04 bits per heavy atom. The third kappa shape index (κ3) is 2.29. The van der Waals surface area contributed by atoms with Crippen molar-refractivity contribution in [3.8, 4) is 5.69 Å². The van der Waals surface area contributed by atoms with Gasteiger partial charge < -0.3 is 4.90 Å². The molecule has 1 aliphatic heterocycles. The Morgan fingerprint density at radius 2 is 1.78 bits per heavy atom. The fourth-order valence-electron chi connectivity index (χ4n) is 3.37. The highest BCUT2D eigenvalue weighted by Gasteiger charge is 2.31. The lowest BCUT2D eigenvalue weighted by Gasteiger charge is -2.26. The molecule has 1 aliphatic rings. The summed E-state index contributed by atoms with van der Waals surface area (Å²) < 4.78 is 1.83. The van der Waals surface area contributed by atoms with Crippen LogP contribution in [0.3, 0.4) is 0 Å².